The fraction of sp³-hybridized carbons (Fsp3) is 0.480. The number of nitrogens with one attached hydrogen (secondary N) is 1. The van der Waals surface area contributed by atoms with Gasteiger partial charge in [-0.1, -0.05) is 0 Å². The van der Waals surface area contributed by atoms with Crippen LogP contribution in [0.25, 0.3) is 11.1 Å². The molecule has 1 saturated carbocycles. The summed E-state index contributed by atoms with van der Waals surface area (Å²) in [5.41, 5.74) is 10.4. The average Bonchev–Trinajstić information content (AvgIpc) is 3.55. The number of aromatic nitrogens is 1. The van der Waals surface area contributed by atoms with Gasteiger partial charge in [-0.3, -0.25) is 9.78 Å². The number of methoxy groups -OCH3 is 1. The molecule has 0 bridgehead atoms. The summed E-state index contributed by atoms with van der Waals surface area (Å²) in [7, 11) is 1.58. The molecule has 2 aromatic rings. The van der Waals surface area contributed by atoms with Crippen molar-refractivity contribution in [2.45, 2.75) is 51.6 Å². The topological polar surface area (TPSA) is 104 Å². The molecule has 0 spiro atoms. The summed E-state index contributed by atoms with van der Waals surface area (Å²) >= 11 is 0. The maximum atomic E-state index is 13.4. The molecule has 2 aliphatic rings. The zero-order valence-electron chi connectivity index (χ0n) is 19.2. The van der Waals surface area contributed by atoms with Gasteiger partial charge >= 0.3 is 0 Å². The first kappa shape index (κ1) is 22.1. The number of hydrogen-bond acceptors (Lipinski definition) is 6. The van der Waals surface area contributed by atoms with E-state index >= 15 is 0 Å². The fourth-order valence-corrected chi connectivity index (χ4v) is 4.53. The summed E-state index contributed by atoms with van der Waals surface area (Å²) in [5, 5.41) is 12.7. The number of hydrogen-bond donors (Lipinski definition) is 2. The molecule has 7 heteroatoms. The summed E-state index contributed by atoms with van der Waals surface area (Å²) in [6.45, 7) is 7.41. The van der Waals surface area contributed by atoms with Crippen LogP contribution in [0, 0.1) is 24.2 Å². The van der Waals surface area contributed by atoms with Crippen LogP contribution in [0.2, 0.25) is 0 Å². The maximum Gasteiger partial charge on any atom is 0.255 e. The first-order valence-electron chi connectivity index (χ1n) is 11.2. The van der Waals surface area contributed by atoms with Crippen LogP contribution in [0.1, 0.15) is 54.7 Å². The summed E-state index contributed by atoms with van der Waals surface area (Å²) in [6.07, 6.45) is 4.81. The Hall–Kier alpha value is -3.11. The van der Waals surface area contributed by atoms with Gasteiger partial charge in [-0.05, 0) is 69.7 Å². The predicted molar refractivity (Wildman–Crippen MR) is 125 cm³/mol. The number of pyridine rings is 1. The number of anilines is 1. The maximum absolute atomic E-state index is 13.4. The van der Waals surface area contributed by atoms with Gasteiger partial charge in [0.2, 0.25) is 0 Å². The van der Waals surface area contributed by atoms with Crippen molar-refractivity contribution in [3.05, 3.63) is 41.2 Å². The number of nitriles is 1. The van der Waals surface area contributed by atoms with E-state index in [2.05, 4.69) is 28.2 Å². The highest BCUT2D eigenvalue weighted by molar-refractivity contribution is 6.04. The molecule has 1 aromatic heterocycles. The molecular formula is C25H31N5O2. The highest BCUT2D eigenvalue weighted by atomic mass is 16.5. The molecular weight excluding hydrogens is 402 g/mol. The van der Waals surface area contributed by atoms with E-state index in [1.807, 2.05) is 26.0 Å². The lowest BCUT2D eigenvalue weighted by atomic mass is 9.96. The molecule has 4 rings (SSSR count). The molecule has 2 heterocycles. The van der Waals surface area contributed by atoms with Crippen LogP contribution >= 0.6 is 0 Å². The highest BCUT2D eigenvalue weighted by Crippen LogP contribution is 2.40. The van der Waals surface area contributed by atoms with Crippen LogP contribution in [0.4, 0.5) is 5.69 Å². The summed E-state index contributed by atoms with van der Waals surface area (Å²) in [5.74, 6) is 1.02. The van der Waals surface area contributed by atoms with E-state index in [-0.39, 0.29) is 17.5 Å². The average molecular weight is 434 g/mol. The lowest BCUT2D eigenvalue weighted by Crippen LogP contribution is -2.40. The van der Waals surface area contributed by atoms with Gasteiger partial charge in [0.25, 0.3) is 5.91 Å². The fourth-order valence-electron chi connectivity index (χ4n) is 4.53. The number of benzene rings is 1. The number of nitrogens with two attached hydrogens (primary N) is 1. The first-order chi connectivity index (χ1) is 15.2. The molecule has 2 atom stereocenters. The monoisotopic (exact) mass is 433 g/mol. The molecule has 32 heavy (non-hydrogen) atoms. The van der Waals surface area contributed by atoms with Gasteiger partial charge in [0.1, 0.15) is 5.75 Å². The second-order valence-corrected chi connectivity index (χ2v) is 9.47. The van der Waals surface area contributed by atoms with Crippen LogP contribution in [0.15, 0.2) is 24.4 Å². The Morgan fingerprint density at radius 2 is 2.16 bits per heavy atom. The van der Waals surface area contributed by atoms with Gasteiger partial charge in [-0.15, -0.1) is 0 Å². The standard InChI is InChI=1S/C25H31N5O2/c1-15(18-5-6-18)29-24(31)21-13-28-16(2)22(23(21)30-8-7-25(3,27)14-30)19-9-17(12-26)10-20(11-19)32-4/h9-11,13,15,18H,5-8,14,27H2,1-4H3,(H,29,31)/t15?,25-/m0/s1. The number of amides is 1. The third-order valence-electron chi connectivity index (χ3n) is 6.55. The Morgan fingerprint density at radius 1 is 1.41 bits per heavy atom. The molecule has 2 fully saturated rings. The van der Waals surface area contributed by atoms with E-state index in [1.165, 1.54) is 0 Å². The van der Waals surface area contributed by atoms with Gasteiger partial charge in [-0.2, -0.15) is 5.26 Å². The van der Waals surface area contributed by atoms with E-state index in [4.69, 9.17) is 10.5 Å². The van der Waals surface area contributed by atoms with E-state index < -0.39 is 0 Å². The molecule has 1 amide bonds. The Labute approximate surface area is 189 Å². The third-order valence-corrected chi connectivity index (χ3v) is 6.55. The van der Waals surface area contributed by atoms with E-state index in [0.717, 1.165) is 48.3 Å². The Morgan fingerprint density at radius 3 is 2.75 bits per heavy atom. The number of rotatable bonds is 6. The van der Waals surface area contributed by atoms with Gasteiger partial charge < -0.3 is 20.7 Å². The van der Waals surface area contributed by atoms with Crippen molar-refractivity contribution in [1.29, 1.82) is 5.26 Å². The van der Waals surface area contributed by atoms with Gasteiger partial charge in [-0.25, -0.2) is 0 Å². The van der Waals surface area contributed by atoms with E-state index in [0.29, 0.717) is 29.3 Å². The normalized spacial score (nSPS) is 21.2. The minimum atomic E-state index is -0.338. The van der Waals surface area contributed by atoms with E-state index in [1.54, 1.807) is 19.4 Å². The Bertz CT molecular complexity index is 1080. The molecule has 1 aliphatic carbocycles. The minimum Gasteiger partial charge on any atom is -0.497 e. The van der Waals surface area contributed by atoms with Crippen molar-refractivity contribution < 1.29 is 9.53 Å². The molecule has 168 valence electrons. The Kier molecular flexibility index (Phi) is 5.83. The van der Waals surface area contributed by atoms with Crippen LogP contribution in [0.3, 0.4) is 0 Å². The summed E-state index contributed by atoms with van der Waals surface area (Å²) < 4.78 is 5.44. The van der Waals surface area contributed by atoms with Crippen LogP contribution in [-0.2, 0) is 0 Å². The van der Waals surface area contributed by atoms with Gasteiger partial charge in [0.15, 0.2) is 0 Å². The minimum absolute atomic E-state index is 0.123. The SMILES string of the molecule is COc1cc(C#N)cc(-c2c(C)ncc(C(=O)NC(C)C3CC3)c2N2CC[C@](C)(N)C2)c1. The molecule has 7 nitrogen and oxygen atoms in total. The zero-order chi connectivity index (χ0) is 23.0. The van der Waals surface area contributed by atoms with E-state index in [9.17, 15) is 10.1 Å². The molecule has 0 radical (unpaired) electrons. The largest absolute Gasteiger partial charge is 0.497 e. The third kappa shape index (κ3) is 4.42. The molecule has 1 saturated heterocycles. The van der Waals surface area contributed by atoms with Gasteiger partial charge in [0.05, 0.1) is 30.0 Å². The molecule has 1 aliphatic heterocycles. The molecule has 3 N–H and O–H groups in total. The van der Waals surface area contributed by atoms with Gasteiger partial charge in [0, 0.05) is 42.1 Å². The number of carbonyl (C=O) groups excluding carboxylic acids is 1. The number of nitrogens with zero attached hydrogens (tertiary/aromatic N) is 3. The van der Waals surface area contributed by atoms with Crippen molar-refractivity contribution in [1.82, 2.24) is 10.3 Å². The molecule has 1 aromatic carbocycles. The highest BCUT2D eigenvalue weighted by Gasteiger charge is 2.35. The van der Waals surface area contributed by atoms with Crippen molar-refractivity contribution in [2.24, 2.45) is 11.7 Å². The second kappa shape index (κ2) is 8.44. The number of ether oxygens (including phenoxy) is 1. The summed E-state index contributed by atoms with van der Waals surface area (Å²) in [4.78, 5) is 20.1. The van der Waals surface area contributed by atoms with Crippen molar-refractivity contribution in [3.8, 4) is 22.9 Å². The van der Waals surface area contributed by atoms with Crippen LogP contribution < -0.4 is 20.7 Å². The Balaban J connectivity index is 1.87. The first-order valence-corrected chi connectivity index (χ1v) is 11.2. The zero-order valence-corrected chi connectivity index (χ0v) is 19.2. The van der Waals surface area contributed by atoms with Crippen molar-refractivity contribution >= 4 is 11.6 Å². The number of aryl methyl sites for hydroxylation is 1. The van der Waals surface area contributed by atoms with Crippen molar-refractivity contribution in [2.75, 3.05) is 25.1 Å². The quantitative estimate of drug-likeness (QED) is 0.724. The van der Waals surface area contributed by atoms with Crippen LogP contribution in [-0.4, -0.2) is 42.7 Å². The second-order valence-electron chi connectivity index (χ2n) is 9.47. The number of carbonyl (C=O) groups is 1. The lowest BCUT2D eigenvalue weighted by molar-refractivity contribution is 0.0936. The lowest BCUT2D eigenvalue weighted by Gasteiger charge is -2.28. The predicted octanol–water partition coefficient (Wildman–Crippen LogP) is 3.39. The smallest absolute Gasteiger partial charge is 0.255 e. The van der Waals surface area contributed by atoms with Crippen molar-refractivity contribution in [3.63, 3.8) is 0 Å². The van der Waals surface area contributed by atoms with Crippen LogP contribution in [0.5, 0.6) is 5.75 Å². The molecule has 1 unspecified atom stereocenters. The summed E-state index contributed by atoms with van der Waals surface area (Å²) in [6, 6.07) is 7.74.